The van der Waals surface area contributed by atoms with Crippen LogP contribution in [0.4, 0.5) is 5.82 Å². The molecule has 0 aliphatic carbocycles. The van der Waals surface area contributed by atoms with E-state index in [1.54, 1.807) is 6.20 Å². The molecule has 1 aromatic heterocycles. The minimum Gasteiger partial charge on any atom is -0.490 e. The molecule has 1 aromatic carbocycles. The first kappa shape index (κ1) is 15.3. The summed E-state index contributed by atoms with van der Waals surface area (Å²) in [6, 6.07) is 13.7. The predicted molar refractivity (Wildman–Crippen MR) is 84.7 cm³/mol. The molecule has 1 heterocycles. The monoisotopic (exact) mass is 286 g/mol. The lowest BCUT2D eigenvalue weighted by Crippen LogP contribution is -2.27. The Kier molecular flexibility index (Phi) is 6.03. The second kappa shape index (κ2) is 8.27. The molecule has 1 atom stereocenters. The summed E-state index contributed by atoms with van der Waals surface area (Å²) in [4.78, 5) is 4.31. The first-order chi connectivity index (χ1) is 10.3. The minimum atomic E-state index is -0.0914. The van der Waals surface area contributed by atoms with Gasteiger partial charge in [0, 0.05) is 6.20 Å². The zero-order valence-electron chi connectivity index (χ0n) is 12.3. The fourth-order valence-electron chi connectivity index (χ4n) is 2.08. The number of aliphatic hydroxyl groups excluding tert-OH is 1. The van der Waals surface area contributed by atoms with Gasteiger partial charge in [0.1, 0.15) is 0 Å². The van der Waals surface area contributed by atoms with Gasteiger partial charge < -0.3 is 15.2 Å². The molecular formula is C17H22N2O2. The van der Waals surface area contributed by atoms with Crippen LogP contribution in [-0.4, -0.2) is 29.3 Å². The molecule has 2 rings (SSSR count). The first-order valence-corrected chi connectivity index (χ1v) is 7.32. The van der Waals surface area contributed by atoms with Crippen LogP contribution in [0.25, 0.3) is 0 Å². The van der Waals surface area contributed by atoms with Crippen LogP contribution in [0.3, 0.4) is 0 Å². The Balaban J connectivity index is 2.04. The van der Waals surface area contributed by atoms with Crippen LogP contribution in [0.2, 0.25) is 0 Å². The topological polar surface area (TPSA) is 54.4 Å². The molecule has 0 fully saturated rings. The summed E-state index contributed by atoms with van der Waals surface area (Å²) in [5.74, 6) is 1.41. The van der Waals surface area contributed by atoms with Gasteiger partial charge in [-0.25, -0.2) is 4.98 Å². The van der Waals surface area contributed by atoms with Crippen molar-refractivity contribution < 1.29 is 9.84 Å². The molecule has 2 aromatic rings. The molecule has 0 aliphatic heterocycles. The summed E-state index contributed by atoms with van der Waals surface area (Å²) < 4.78 is 5.68. The molecule has 4 heteroatoms. The zero-order valence-corrected chi connectivity index (χ0v) is 12.3. The summed E-state index contributed by atoms with van der Waals surface area (Å²) in [5, 5.41) is 12.9. The molecule has 0 amide bonds. The molecule has 2 N–H and O–H groups in total. The van der Waals surface area contributed by atoms with E-state index >= 15 is 0 Å². The minimum absolute atomic E-state index is 0.0404. The van der Waals surface area contributed by atoms with Crippen molar-refractivity contribution in [3.05, 3.63) is 54.2 Å². The fourth-order valence-corrected chi connectivity index (χ4v) is 2.08. The molecule has 0 bridgehead atoms. The Morgan fingerprint density at radius 1 is 1.19 bits per heavy atom. The van der Waals surface area contributed by atoms with Gasteiger partial charge in [-0.05, 0) is 30.5 Å². The number of anilines is 1. The van der Waals surface area contributed by atoms with Crippen LogP contribution in [-0.2, 0) is 6.42 Å². The molecule has 112 valence electrons. The van der Waals surface area contributed by atoms with Crippen LogP contribution >= 0.6 is 0 Å². The van der Waals surface area contributed by atoms with E-state index in [1.807, 2.05) is 30.3 Å². The van der Waals surface area contributed by atoms with Gasteiger partial charge in [0.15, 0.2) is 11.6 Å². The van der Waals surface area contributed by atoms with Gasteiger partial charge >= 0.3 is 0 Å². The lowest BCUT2D eigenvalue weighted by molar-refractivity contribution is 0.272. The highest BCUT2D eigenvalue weighted by molar-refractivity contribution is 5.50. The quantitative estimate of drug-likeness (QED) is 0.783. The average Bonchev–Trinajstić information content (AvgIpc) is 2.54. The van der Waals surface area contributed by atoms with E-state index in [0.29, 0.717) is 12.4 Å². The highest BCUT2D eigenvalue weighted by atomic mass is 16.5. The Bertz CT molecular complexity index is 531. The van der Waals surface area contributed by atoms with E-state index in [1.165, 1.54) is 5.56 Å². The normalized spacial score (nSPS) is 11.9. The number of ether oxygens (including phenoxy) is 1. The number of aliphatic hydroxyl groups is 1. The fraction of sp³-hybridized carbons (Fsp3) is 0.353. The maximum absolute atomic E-state index is 9.58. The zero-order chi connectivity index (χ0) is 14.9. The van der Waals surface area contributed by atoms with Crippen molar-refractivity contribution in [2.75, 3.05) is 18.5 Å². The van der Waals surface area contributed by atoms with Crippen molar-refractivity contribution in [2.24, 2.45) is 0 Å². The third-order valence-corrected chi connectivity index (χ3v) is 3.12. The number of pyridine rings is 1. The average molecular weight is 286 g/mol. The third kappa shape index (κ3) is 4.76. The SMILES string of the molecule is CCCOc1cccnc1NC(CO)Cc1ccccc1. The molecular weight excluding hydrogens is 264 g/mol. The predicted octanol–water partition coefficient (Wildman–Crippen LogP) is 2.89. The largest absolute Gasteiger partial charge is 0.490 e. The number of aromatic nitrogens is 1. The number of nitrogens with one attached hydrogen (secondary N) is 1. The molecule has 0 saturated carbocycles. The molecule has 0 saturated heterocycles. The molecule has 4 nitrogen and oxygen atoms in total. The second-order valence-corrected chi connectivity index (χ2v) is 4.91. The van der Waals surface area contributed by atoms with Crippen LogP contribution < -0.4 is 10.1 Å². The van der Waals surface area contributed by atoms with Gasteiger partial charge in [0.25, 0.3) is 0 Å². The van der Waals surface area contributed by atoms with Crippen molar-refractivity contribution in [3.63, 3.8) is 0 Å². The maximum atomic E-state index is 9.58. The van der Waals surface area contributed by atoms with E-state index in [9.17, 15) is 5.11 Å². The van der Waals surface area contributed by atoms with E-state index in [0.717, 1.165) is 18.6 Å². The number of rotatable bonds is 8. The van der Waals surface area contributed by atoms with Gasteiger partial charge in [-0.1, -0.05) is 37.3 Å². The maximum Gasteiger partial charge on any atom is 0.169 e. The molecule has 0 aliphatic rings. The molecule has 0 radical (unpaired) electrons. The lowest BCUT2D eigenvalue weighted by Gasteiger charge is -2.19. The van der Waals surface area contributed by atoms with Gasteiger partial charge in [0.05, 0.1) is 19.3 Å². The van der Waals surface area contributed by atoms with Crippen LogP contribution in [0, 0.1) is 0 Å². The Labute approximate surface area is 125 Å². The summed E-state index contributed by atoms with van der Waals surface area (Å²) in [5.41, 5.74) is 1.18. The number of benzene rings is 1. The van der Waals surface area contributed by atoms with E-state index < -0.39 is 0 Å². The van der Waals surface area contributed by atoms with Crippen molar-refractivity contribution in [1.82, 2.24) is 4.98 Å². The van der Waals surface area contributed by atoms with Crippen LogP contribution in [0.1, 0.15) is 18.9 Å². The Hall–Kier alpha value is -2.07. The van der Waals surface area contributed by atoms with Crippen molar-refractivity contribution in [3.8, 4) is 5.75 Å². The van der Waals surface area contributed by atoms with Gasteiger partial charge in [-0.3, -0.25) is 0 Å². The molecule has 1 unspecified atom stereocenters. The van der Waals surface area contributed by atoms with Gasteiger partial charge in [0.2, 0.25) is 0 Å². The third-order valence-electron chi connectivity index (χ3n) is 3.12. The van der Waals surface area contributed by atoms with E-state index in [2.05, 4.69) is 29.4 Å². The number of nitrogens with zero attached hydrogens (tertiary/aromatic N) is 1. The van der Waals surface area contributed by atoms with Crippen LogP contribution in [0.5, 0.6) is 5.75 Å². The van der Waals surface area contributed by atoms with Crippen molar-refractivity contribution in [1.29, 1.82) is 0 Å². The number of hydrogen-bond acceptors (Lipinski definition) is 4. The summed E-state index contributed by atoms with van der Waals surface area (Å²) in [6.45, 7) is 2.76. The molecule has 21 heavy (non-hydrogen) atoms. The smallest absolute Gasteiger partial charge is 0.169 e. The van der Waals surface area contributed by atoms with Crippen molar-refractivity contribution >= 4 is 5.82 Å². The van der Waals surface area contributed by atoms with E-state index in [4.69, 9.17) is 4.74 Å². The summed E-state index contributed by atoms with van der Waals surface area (Å²) in [6.07, 6.45) is 3.40. The lowest BCUT2D eigenvalue weighted by atomic mass is 10.1. The Morgan fingerprint density at radius 2 is 2.00 bits per heavy atom. The highest BCUT2D eigenvalue weighted by Gasteiger charge is 2.12. The highest BCUT2D eigenvalue weighted by Crippen LogP contribution is 2.22. The van der Waals surface area contributed by atoms with Gasteiger partial charge in [-0.2, -0.15) is 0 Å². The van der Waals surface area contributed by atoms with Crippen molar-refractivity contribution in [2.45, 2.75) is 25.8 Å². The van der Waals surface area contributed by atoms with Gasteiger partial charge in [-0.15, -0.1) is 0 Å². The summed E-state index contributed by atoms with van der Waals surface area (Å²) in [7, 11) is 0. The number of hydrogen-bond donors (Lipinski definition) is 2. The van der Waals surface area contributed by atoms with E-state index in [-0.39, 0.29) is 12.6 Å². The first-order valence-electron chi connectivity index (χ1n) is 7.32. The second-order valence-electron chi connectivity index (χ2n) is 4.91. The summed E-state index contributed by atoms with van der Waals surface area (Å²) >= 11 is 0. The Morgan fingerprint density at radius 3 is 2.71 bits per heavy atom. The molecule has 0 spiro atoms. The standard InChI is InChI=1S/C17H22N2O2/c1-2-11-21-16-9-6-10-18-17(16)19-15(13-20)12-14-7-4-3-5-8-14/h3-10,15,20H,2,11-13H2,1H3,(H,18,19). The van der Waals surface area contributed by atoms with Crippen LogP contribution in [0.15, 0.2) is 48.7 Å².